The number of benzene rings is 1. The lowest BCUT2D eigenvalue weighted by Crippen LogP contribution is -2.22. The first-order valence-electron chi connectivity index (χ1n) is 6.92. The number of aromatic nitrogens is 3. The Balaban J connectivity index is 2.02. The summed E-state index contributed by atoms with van der Waals surface area (Å²) in [6.45, 7) is 5.01. The van der Waals surface area contributed by atoms with E-state index in [2.05, 4.69) is 11.2 Å². The molecule has 0 spiro atoms. The molecular weight excluding hydrogens is 264 g/mol. The molecule has 0 aliphatic rings. The molecule has 0 bridgehead atoms. The Kier molecular flexibility index (Phi) is 3.35. The molecule has 2 aromatic heterocycles. The molecule has 3 aromatic rings. The zero-order chi connectivity index (χ0) is 15.0. The van der Waals surface area contributed by atoms with Crippen LogP contribution >= 0.6 is 0 Å². The van der Waals surface area contributed by atoms with E-state index in [9.17, 15) is 4.79 Å². The number of nitrogens with zero attached hydrogens (tertiary/aromatic N) is 3. The van der Waals surface area contributed by atoms with Crippen molar-refractivity contribution >= 4 is 5.52 Å². The van der Waals surface area contributed by atoms with E-state index in [-0.39, 0.29) is 5.56 Å². The van der Waals surface area contributed by atoms with E-state index in [4.69, 9.17) is 5.73 Å². The summed E-state index contributed by atoms with van der Waals surface area (Å²) in [5, 5.41) is 4.25. The SMILES string of the molecule is Cc1cc2c(=O)n(Cc3ccc(CN)cc3C)ccn2n1. The molecule has 3 rings (SSSR count). The van der Waals surface area contributed by atoms with Gasteiger partial charge in [-0.25, -0.2) is 4.52 Å². The summed E-state index contributed by atoms with van der Waals surface area (Å²) in [5.74, 6) is 0. The fourth-order valence-electron chi connectivity index (χ4n) is 2.52. The van der Waals surface area contributed by atoms with E-state index in [1.807, 2.05) is 38.2 Å². The van der Waals surface area contributed by atoms with Crippen LogP contribution in [-0.2, 0) is 13.1 Å². The molecule has 0 unspecified atom stereocenters. The minimum Gasteiger partial charge on any atom is -0.326 e. The first-order valence-corrected chi connectivity index (χ1v) is 6.92. The summed E-state index contributed by atoms with van der Waals surface area (Å²) >= 11 is 0. The molecular formula is C16H18N4O. The standard InChI is InChI=1S/C16H18N4O/c1-11-7-13(9-17)3-4-14(11)10-19-5-6-20-15(16(19)21)8-12(2)18-20/h3-8H,9-10,17H2,1-2H3. The molecule has 5 heteroatoms. The van der Waals surface area contributed by atoms with Gasteiger partial charge in [0.15, 0.2) is 0 Å². The van der Waals surface area contributed by atoms with Crippen molar-refractivity contribution in [2.45, 2.75) is 26.9 Å². The van der Waals surface area contributed by atoms with Crippen molar-refractivity contribution in [1.82, 2.24) is 14.2 Å². The minimum absolute atomic E-state index is 0.0274. The minimum atomic E-state index is -0.0274. The Morgan fingerprint density at radius 3 is 2.71 bits per heavy atom. The molecule has 0 amide bonds. The van der Waals surface area contributed by atoms with Gasteiger partial charge in [0.25, 0.3) is 5.56 Å². The summed E-state index contributed by atoms with van der Waals surface area (Å²) in [6, 6.07) is 7.93. The third kappa shape index (κ3) is 2.48. The fourth-order valence-corrected chi connectivity index (χ4v) is 2.52. The Morgan fingerprint density at radius 1 is 1.19 bits per heavy atom. The second-order valence-electron chi connectivity index (χ2n) is 5.31. The number of hydrogen-bond donors (Lipinski definition) is 1. The van der Waals surface area contributed by atoms with Gasteiger partial charge in [0, 0.05) is 18.9 Å². The number of rotatable bonds is 3. The molecule has 0 saturated carbocycles. The van der Waals surface area contributed by atoms with Crippen molar-refractivity contribution in [2.24, 2.45) is 5.73 Å². The molecule has 21 heavy (non-hydrogen) atoms. The van der Waals surface area contributed by atoms with E-state index < -0.39 is 0 Å². The van der Waals surface area contributed by atoms with Gasteiger partial charge in [0.2, 0.25) is 0 Å². The summed E-state index contributed by atoms with van der Waals surface area (Å²) in [4.78, 5) is 12.5. The van der Waals surface area contributed by atoms with E-state index in [1.165, 1.54) is 0 Å². The lowest BCUT2D eigenvalue weighted by atomic mass is 10.1. The zero-order valence-electron chi connectivity index (χ0n) is 12.2. The lowest BCUT2D eigenvalue weighted by Gasteiger charge is -2.10. The maximum absolute atomic E-state index is 12.5. The molecule has 5 nitrogen and oxygen atoms in total. The number of nitrogens with two attached hydrogens (primary N) is 1. The molecule has 0 atom stereocenters. The second kappa shape index (κ2) is 5.18. The number of fused-ring (bicyclic) bond motifs is 1. The van der Waals surface area contributed by atoms with Gasteiger partial charge in [0.05, 0.1) is 12.2 Å². The van der Waals surface area contributed by atoms with Gasteiger partial charge in [-0.1, -0.05) is 18.2 Å². The maximum atomic E-state index is 12.5. The predicted molar refractivity (Wildman–Crippen MR) is 82.4 cm³/mol. The molecule has 0 saturated heterocycles. The summed E-state index contributed by atoms with van der Waals surface area (Å²) < 4.78 is 3.33. The van der Waals surface area contributed by atoms with Crippen molar-refractivity contribution in [3.63, 3.8) is 0 Å². The van der Waals surface area contributed by atoms with Gasteiger partial charge >= 0.3 is 0 Å². The molecule has 108 valence electrons. The maximum Gasteiger partial charge on any atom is 0.276 e. The van der Waals surface area contributed by atoms with Crippen molar-refractivity contribution in [3.8, 4) is 0 Å². The Bertz CT molecular complexity index is 860. The average molecular weight is 282 g/mol. The largest absolute Gasteiger partial charge is 0.326 e. The molecule has 0 fully saturated rings. The van der Waals surface area contributed by atoms with Crippen molar-refractivity contribution in [1.29, 1.82) is 0 Å². The van der Waals surface area contributed by atoms with Crippen LogP contribution in [0, 0.1) is 13.8 Å². The summed E-state index contributed by atoms with van der Waals surface area (Å²) in [7, 11) is 0. The quantitative estimate of drug-likeness (QED) is 0.794. The second-order valence-corrected chi connectivity index (χ2v) is 5.31. The lowest BCUT2D eigenvalue weighted by molar-refractivity contribution is 0.738. The normalized spacial score (nSPS) is 11.2. The van der Waals surface area contributed by atoms with Crippen LogP contribution in [-0.4, -0.2) is 14.2 Å². The number of hydrogen-bond acceptors (Lipinski definition) is 3. The summed E-state index contributed by atoms with van der Waals surface area (Å²) in [6.07, 6.45) is 3.59. The van der Waals surface area contributed by atoms with Crippen LogP contribution in [0.4, 0.5) is 0 Å². The zero-order valence-corrected chi connectivity index (χ0v) is 12.2. The van der Waals surface area contributed by atoms with Crippen LogP contribution in [0.5, 0.6) is 0 Å². The third-order valence-corrected chi connectivity index (χ3v) is 3.71. The highest BCUT2D eigenvalue weighted by Gasteiger charge is 2.07. The highest BCUT2D eigenvalue weighted by molar-refractivity contribution is 5.45. The van der Waals surface area contributed by atoms with Gasteiger partial charge in [-0.15, -0.1) is 0 Å². The molecule has 2 N–H and O–H groups in total. The van der Waals surface area contributed by atoms with E-state index in [0.717, 1.165) is 22.4 Å². The van der Waals surface area contributed by atoms with Gasteiger partial charge in [-0.05, 0) is 36.6 Å². The van der Waals surface area contributed by atoms with Crippen LogP contribution in [0.2, 0.25) is 0 Å². The summed E-state index contributed by atoms with van der Waals surface area (Å²) in [5.41, 5.74) is 10.4. The van der Waals surface area contributed by atoms with Crippen molar-refractivity contribution in [2.75, 3.05) is 0 Å². The fraction of sp³-hybridized carbons (Fsp3) is 0.250. The first kappa shape index (κ1) is 13.6. The smallest absolute Gasteiger partial charge is 0.276 e. The highest BCUT2D eigenvalue weighted by Crippen LogP contribution is 2.12. The van der Waals surface area contributed by atoms with Crippen molar-refractivity contribution < 1.29 is 0 Å². The highest BCUT2D eigenvalue weighted by atomic mass is 16.1. The Morgan fingerprint density at radius 2 is 2.00 bits per heavy atom. The van der Waals surface area contributed by atoms with Gasteiger partial charge in [-0.3, -0.25) is 4.79 Å². The van der Waals surface area contributed by atoms with Gasteiger partial charge < -0.3 is 10.3 Å². The molecule has 0 aliphatic heterocycles. The monoisotopic (exact) mass is 282 g/mol. The van der Waals surface area contributed by atoms with Gasteiger partial charge in [-0.2, -0.15) is 5.10 Å². The van der Waals surface area contributed by atoms with Crippen LogP contribution in [0.3, 0.4) is 0 Å². The van der Waals surface area contributed by atoms with Crippen molar-refractivity contribution in [3.05, 3.63) is 69.4 Å². The van der Waals surface area contributed by atoms with Crippen LogP contribution in [0.15, 0.2) is 41.5 Å². The van der Waals surface area contributed by atoms with E-state index in [0.29, 0.717) is 18.6 Å². The molecule has 0 radical (unpaired) electrons. The molecule has 2 heterocycles. The van der Waals surface area contributed by atoms with Crippen LogP contribution in [0.25, 0.3) is 5.52 Å². The Labute approximate surface area is 122 Å². The van der Waals surface area contributed by atoms with E-state index >= 15 is 0 Å². The van der Waals surface area contributed by atoms with Crippen LogP contribution in [0.1, 0.15) is 22.4 Å². The Hall–Kier alpha value is -2.40. The van der Waals surface area contributed by atoms with Crippen LogP contribution < -0.4 is 11.3 Å². The van der Waals surface area contributed by atoms with E-state index in [1.54, 1.807) is 15.3 Å². The third-order valence-electron chi connectivity index (χ3n) is 3.71. The molecule has 1 aromatic carbocycles. The van der Waals surface area contributed by atoms with Gasteiger partial charge in [0.1, 0.15) is 5.52 Å². The predicted octanol–water partition coefficient (Wildman–Crippen LogP) is 1.62. The average Bonchev–Trinajstić information content (AvgIpc) is 2.85. The topological polar surface area (TPSA) is 65.3 Å². The first-order chi connectivity index (χ1) is 10.1. The number of aryl methyl sites for hydroxylation is 2. The molecule has 0 aliphatic carbocycles.